The molecular formula is C17H18N4O4. The first-order chi connectivity index (χ1) is 11.7. The van der Waals surface area contributed by atoms with Crippen molar-refractivity contribution < 1.29 is 9.85 Å². The Morgan fingerprint density at radius 2 is 1.60 bits per heavy atom. The van der Waals surface area contributed by atoms with E-state index in [-0.39, 0.29) is 11.4 Å². The van der Waals surface area contributed by atoms with Gasteiger partial charge in [-0.05, 0) is 44.9 Å². The molecule has 0 bridgehead atoms. The monoisotopic (exact) mass is 342 g/mol. The van der Waals surface area contributed by atoms with Crippen molar-refractivity contribution in [1.82, 2.24) is 0 Å². The molecule has 130 valence electrons. The lowest BCUT2D eigenvalue weighted by molar-refractivity contribution is -0.393. The number of hydrogen-bond acceptors (Lipinski definition) is 6. The Bertz CT molecular complexity index is 867. The maximum absolute atomic E-state index is 11.2. The summed E-state index contributed by atoms with van der Waals surface area (Å²) in [6.45, 7) is 7.76. The number of non-ortho nitro benzene ring substituents is 1. The van der Waals surface area contributed by atoms with Crippen LogP contribution in [-0.4, -0.2) is 15.6 Å². The smallest absolute Gasteiger partial charge is 0.271 e. The van der Waals surface area contributed by atoms with Gasteiger partial charge in [0.15, 0.2) is 0 Å². The fourth-order valence-electron chi connectivity index (χ4n) is 2.83. The molecule has 0 heterocycles. The van der Waals surface area contributed by atoms with Crippen molar-refractivity contribution in [2.75, 3.05) is 5.43 Å². The molecule has 0 aromatic heterocycles. The molecule has 0 radical (unpaired) electrons. The van der Waals surface area contributed by atoms with Crippen molar-refractivity contribution in [3.05, 3.63) is 72.8 Å². The van der Waals surface area contributed by atoms with E-state index in [0.29, 0.717) is 5.71 Å². The highest BCUT2D eigenvalue weighted by molar-refractivity contribution is 6.01. The quantitative estimate of drug-likeness (QED) is 0.495. The fraction of sp³-hybridized carbons (Fsp3) is 0.235. The van der Waals surface area contributed by atoms with Gasteiger partial charge in [0, 0.05) is 11.6 Å². The van der Waals surface area contributed by atoms with Crippen LogP contribution in [0.4, 0.5) is 17.1 Å². The van der Waals surface area contributed by atoms with E-state index in [9.17, 15) is 20.2 Å². The van der Waals surface area contributed by atoms with E-state index >= 15 is 0 Å². The largest absolute Gasteiger partial charge is 0.301 e. The predicted molar refractivity (Wildman–Crippen MR) is 96.2 cm³/mol. The van der Waals surface area contributed by atoms with Crippen LogP contribution in [0.3, 0.4) is 0 Å². The summed E-state index contributed by atoms with van der Waals surface area (Å²) >= 11 is 0. The molecule has 0 aliphatic carbocycles. The van der Waals surface area contributed by atoms with Crippen molar-refractivity contribution in [3.63, 3.8) is 0 Å². The lowest BCUT2D eigenvalue weighted by Crippen LogP contribution is -2.06. The third-order valence-electron chi connectivity index (χ3n) is 3.77. The molecule has 2 rings (SSSR count). The Labute approximate surface area is 144 Å². The summed E-state index contributed by atoms with van der Waals surface area (Å²) < 4.78 is 0. The lowest BCUT2D eigenvalue weighted by Gasteiger charge is -2.11. The summed E-state index contributed by atoms with van der Waals surface area (Å²) in [7, 11) is 0. The number of rotatable bonds is 5. The maximum atomic E-state index is 11.2. The zero-order chi connectivity index (χ0) is 18.7. The van der Waals surface area contributed by atoms with Crippen LogP contribution in [0.15, 0.2) is 35.4 Å². The first-order valence-corrected chi connectivity index (χ1v) is 7.52. The second-order valence-corrected chi connectivity index (χ2v) is 5.80. The van der Waals surface area contributed by atoms with E-state index < -0.39 is 15.5 Å². The van der Waals surface area contributed by atoms with Crippen LogP contribution >= 0.6 is 0 Å². The normalized spacial score (nSPS) is 11.3. The van der Waals surface area contributed by atoms with E-state index in [1.54, 1.807) is 6.92 Å². The Balaban J connectivity index is 2.39. The van der Waals surface area contributed by atoms with E-state index in [2.05, 4.69) is 10.5 Å². The number of nitrogens with zero attached hydrogens (tertiary/aromatic N) is 3. The number of hydrazone groups is 1. The van der Waals surface area contributed by atoms with Crippen LogP contribution in [-0.2, 0) is 0 Å². The third kappa shape index (κ3) is 3.97. The molecule has 25 heavy (non-hydrogen) atoms. The highest BCUT2D eigenvalue weighted by atomic mass is 16.6. The molecule has 0 unspecified atom stereocenters. The highest BCUT2D eigenvalue weighted by Gasteiger charge is 2.19. The summed E-state index contributed by atoms with van der Waals surface area (Å²) in [5.74, 6) is 0. The number of aryl methyl sites for hydroxylation is 3. The van der Waals surface area contributed by atoms with Crippen molar-refractivity contribution in [2.24, 2.45) is 5.10 Å². The Hall–Kier alpha value is -3.29. The van der Waals surface area contributed by atoms with Crippen LogP contribution in [0, 0.1) is 41.0 Å². The molecule has 0 saturated carbocycles. The van der Waals surface area contributed by atoms with E-state index in [1.165, 1.54) is 12.1 Å². The van der Waals surface area contributed by atoms with Gasteiger partial charge < -0.3 is 0 Å². The summed E-state index contributed by atoms with van der Waals surface area (Å²) in [4.78, 5) is 20.6. The van der Waals surface area contributed by atoms with Crippen LogP contribution in [0.2, 0.25) is 0 Å². The Kier molecular flexibility index (Phi) is 5.11. The predicted octanol–water partition coefficient (Wildman–Crippen LogP) is 4.26. The lowest BCUT2D eigenvalue weighted by atomic mass is 9.97. The van der Waals surface area contributed by atoms with Gasteiger partial charge in [0.2, 0.25) is 0 Å². The highest BCUT2D eigenvalue weighted by Crippen LogP contribution is 2.29. The minimum Gasteiger partial charge on any atom is -0.271 e. The molecule has 2 aromatic carbocycles. The molecule has 2 aromatic rings. The molecule has 0 fully saturated rings. The molecule has 0 atom stereocenters. The molecule has 1 N–H and O–H groups in total. The summed E-state index contributed by atoms with van der Waals surface area (Å²) in [6, 6.07) is 7.46. The summed E-state index contributed by atoms with van der Waals surface area (Å²) in [5.41, 5.74) is 6.89. The van der Waals surface area contributed by atoms with E-state index in [0.717, 1.165) is 28.3 Å². The fourth-order valence-corrected chi connectivity index (χ4v) is 2.83. The molecule has 0 aliphatic rings. The second-order valence-electron chi connectivity index (χ2n) is 5.80. The van der Waals surface area contributed by atoms with Gasteiger partial charge in [0.05, 0.1) is 21.6 Å². The van der Waals surface area contributed by atoms with Crippen LogP contribution in [0.5, 0.6) is 0 Å². The molecule has 0 saturated heterocycles. The van der Waals surface area contributed by atoms with Crippen LogP contribution < -0.4 is 5.43 Å². The third-order valence-corrected chi connectivity index (χ3v) is 3.77. The van der Waals surface area contributed by atoms with Crippen molar-refractivity contribution in [3.8, 4) is 0 Å². The zero-order valence-corrected chi connectivity index (χ0v) is 14.4. The maximum Gasteiger partial charge on any atom is 0.301 e. The standard InChI is InChI=1S/C17H18N4O4/c1-10-7-11(2)17(12(3)8-10)13(4)18-19-15-6-5-14(20(22)23)9-16(15)21(24)25/h5-9,19H,1-4H3. The van der Waals surface area contributed by atoms with Gasteiger partial charge in [0.25, 0.3) is 5.69 Å². The summed E-state index contributed by atoms with van der Waals surface area (Å²) in [6.07, 6.45) is 0. The molecule has 8 heteroatoms. The van der Waals surface area contributed by atoms with Crippen molar-refractivity contribution in [1.29, 1.82) is 0 Å². The number of nitrogens with one attached hydrogen (secondary N) is 1. The Morgan fingerprint density at radius 3 is 2.12 bits per heavy atom. The average Bonchev–Trinajstić information content (AvgIpc) is 2.51. The first-order valence-electron chi connectivity index (χ1n) is 7.52. The minimum atomic E-state index is -0.678. The molecule has 0 aliphatic heterocycles. The van der Waals surface area contributed by atoms with Gasteiger partial charge in [-0.15, -0.1) is 0 Å². The van der Waals surface area contributed by atoms with Gasteiger partial charge in [-0.1, -0.05) is 17.7 Å². The van der Waals surface area contributed by atoms with Gasteiger partial charge in [-0.3, -0.25) is 25.7 Å². The number of nitro groups is 2. The number of benzene rings is 2. The van der Waals surface area contributed by atoms with Gasteiger partial charge in [0.1, 0.15) is 5.69 Å². The van der Waals surface area contributed by atoms with Gasteiger partial charge in [-0.25, -0.2) is 0 Å². The molecule has 0 spiro atoms. The zero-order valence-electron chi connectivity index (χ0n) is 14.4. The van der Waals surface area contributed by atoms with E-state index in [4.69, 9.17) is 0 Å². The average molecular weight is 342 g/mol. The van der Waals surface area contributed by atoms with Crippen LogP contribution in [0.1, 0.15) is 29.2 Å². The minimum absolute atomic E-state index is 0.0948. The van der Waals surface area contributed by atoms with Crippen molar-refractivity contribution in [2.45, 2.75) is 27.7 Å². The molecule has 8 nitrogen and oxygen atoms in total. The van der Waals surface area contributed by atoms with Gasteiger partial charge >= 0.3 is 5.69 Å². The summed E-state index contributed by atoms with van der Waals surface area (Å²) in [5, 5.41) is 26.2. The van der Waals surface area contributed by atoms with Crippen LogP contribution in [0.25, 0.3) is 0 Å². The molecule has 0 amide bonds. The number of anilines is 1. The Morgan fingerprint density at radius 1 is 1.00 bits per heavy atom. The SMILES string of the molecule is CC(=NNc1ccc([N+](=O)[O-])cc1[N+](=O)[O-])c1c(C)cc(C)cc1C. The first kappa shape index (κ1) is 18.1. The number of nitro benzene ring substituents is 2. The molecular weight excluding hydrogens is 324 g/mol. The topological polar surface area (TPSA) is 111 Å². The van der Waals surface area contributed by atoms with E-state index in [1.807, 2.05) is 32.9 Å². The van der Waals surface area contributed by atoms with Gasteiger partial charge in [-0.2, -0.15) is 5.10 Å². The number of hydrogen-bond donors (Lipinski definition) is 1. The van der Waals surface area contributed by atoms with Crippen molar-refractivity contribution >= 4 is 22.8 Å². The second kappa shape index (κ2) is 7.08.